The van der Waals surface area contributed by atoms with Crippen LogP contribution in [0.4, 0.5) is 0 Å². The highest BCUT2D eigenvalue weighted by molar-refractivity contribution is 5.90. The monoisotopic (exact) mass is 221 g/mol. The third-order valence-corrected chi connectivity index (χ3v) is 1.95. The van der Waals surface area contributed by atoms with Crippen molar-refractivity contribution in [1.82, 2.24) is 0 Å². The summed E-state index contributed by atoms with van der Waals surface area (Å²) in [7, 11) is 1.57. The van der Waals surface area contributed by atoms with Gasteiger partial charge in [-0.15, -0.1) is 0 Å². The SMILES string of the molecule is CCOc1c(/C=C/C(N)=O)cccc1OC. The number of methoxy groups -OCH3 is 1. The van der Waals surface area contributed by atoms with Crippen LogP contribution in [0.1, 0.15) is 12.5 Å². The van der Waals surface area contributed by atoms with Crippen molar-refractivity contribution in [3.8, 4) is 11.5 Å². The number of carbonyl (C=O) groups is 1. The van der Waals surface area contributed by atoms with Gasteiger partial charge in [0.05, 0.1) is 13.7 Å². The summed E-state index contributed by atoms with van der Waals surface area (Å²) >= 11 is 0. The van der Waals surface area contributed by atoms with Crippen molar-refractivity contribution in [2.45, 2.75) is 6.92 Å². The lowest BCUT2D eigenvalue weighted by molar-refractivity contribution is -0.113. The van der Waals surface area contributed by atoms with E-state index in [1.54, 1.807) is 19.3 Å². The van der Waals surface area contributed by atoms with Gasteiger partial charge in [0.15, 0.2) is 11.5 Å². The molecule has 0 aliphatic heterocycles. The first-order valence-corrected chi connectivity index (χ1v) is 4.96. The summed E-state index contributed by atoms with van der Waals surface area (Å²) in [5.74, 6) is 0.753. The van der Waals surface area contributed by atoms with E-state index in [0.717, 1.165) is 5.56 Å². The summed E-state index contributed by atoms with van der Waals surface area (Å²) < 4.78 is 10.6. The molecule has 0 fully saturated rings. The van der Waals surface area contributed by atoms with E-state index in [1.807, 2.05) is 19.1 Å². The summed E-state index contributed by atoms with van der Waals surface area (Å²) in [4.78, 5) is 10.7. The summed E-state index contributed by atoms with van der Waals surface area (Å²) in [5.41, 5.74) is 5.80. The van der Waals surface area contributed by atoms with Crippen LogP contribution in [-0.2, 0) is 4.79 Å². The van der Waals surface area contributed by atoms with Crippen molar-refractivity contribution in [2.24, 2.45) is 5.73 Å². The van der Waals surface area contributed by atoms with Gasteiger partial charge in [-0.05, 0) is 19.1 Å². The molecule has 1 aromatic rings. The van der Waals surface area contributed by atoms with Gasteiger partial charge >= 0.3 is 0 Å². The molecule has 1 rings (SSSR count). The number of ether oxygens (including phenoxy) is 2. The highest BCUT2D eigenvalue weighted by atomic mass is 16.5. The Balaban J connectivity index is 3.10. The third kappa shape index (κ3) is 3.02. The average molecular weight is 221 g/mol. The van der Waals surface area contributed by atoms with Gasteiger partial charge in [-0.3, -0.25) is 4.79 Å². The third-order valence-electron chi connectivity index (χ3n) is 1.95. The van der Waals surface area contributed by atoms with Crippen LogP contribution in [0.3, 0.4) is 0 Å². The number of rotatable bonds is 5. The number of nitrogens with two attached hydrogens (primary N) is 1. The molecule has 0 saturated heterocycles. The Kier molecular flexibility index (Phi) is 4.39. The molecule has 16 heavy (non-hydrogen) atoms. The normalized spacial score (nSPS) is 10.4. The first-order chi connectivity index (χ1) is 7.69. The maximum Gasteiger partial charge on any atom is 0.241 e. The van der Waals surface area contributed by atoms with E-state index >= 15 is 0 Å². The number of para-hydroxylation sites is 1. The Bertz CT molecular complexity index is 399. The lowest BCUT2D eigenvalue weighted by atomic mass is 10.1. The van der Waals surface area contributed by atoms with Crippen LogP contribution in [0.5, 0.6) is 11.5 Å². The lowest BCUT2D eigenvalue weighted by Gasteiger charge is -2.11. The Morgan fingerprint density at radius 2 is 2.25 bits per heavy atom. The van der Waals surface area contributed by atoms with Crippen LogP contribution < -0.4 is 15.2 Å². The topological polar surface area (TPSA) is 61.5 Å². The molecule has 0 aromatic heterocycles. The Morgan fingerprint density at radius 3 is 2.81 bits per heavy atom. The van der Waals surface area contributed by atoms with E-state index in [2.05, 4.69) is 0 Å². The molecule has 1 amide bonds. The molecule has 0 atom stereocenters. The average Bonchev–Trinajstić information content (AvgIpc) is 2.27. The fourth-order valence-corrected chi connectivity index (χ4v) is 1.30. The molecule has 0 saturated carbocycles. The molecule has 0 radical (unpaired) electrons. The second-order valence-corrected chi connectivity index (χ2v) is 3.05. The van der Waals surface area contributed by atoms with E-state index in [-0.39, 0.29) is 0 Å². The van der Waals surface area contributed by atoms with Crippen molar-refractivity contribution in [2.75, 3.05) is 13.7 Å². The van der Waals surface area contributed by atoms with E-state index in [9.17, 15) is 4.79 Å². The van der Waals surface area contributed by atoms with Crippen LogP contribution in [0.15, 0.2) is 24.3 Å². The number of amides is 1. The Hall–Kier alpha value is -1.97. The van der Waals surface area contributed by atoms with E-state index in [0.29, 0.717) is 18.1 Å². The largest absolute Gasteiger partial charge is 0.493 e. The number of hydrogen-bond acceptors (Lipinski definition) is 3. The number of primary amides is 1. The second-order valence-electron chi connectivity index (χ2n) is 3.05. The molecule has 0 heterocycles. The predicted octanol–water partition coefficient (Wildman–Crippen LogP) is 1.59. The van der Waals surface area contributed by atoms with Gasteiger partial charge in [0, 0.05) is 11.6 Å². The van der Waals surface area contributed by atoms with E-state index in [1.165, 1.54) is 6.08 Å². The van der Waals surface area contributed by atoms with Gasteiger partial charge in [0.25, 0.3) is 0 Å². The Morgan fingerprint density at radius 1 is 1.50 bits per heavy atom. The second kappa shape index (κ2) is 5.80. The molecule has 0 unspecified atom stereocenters. The molecule has 0 aliphatic carbocycles. The number of benzene rings is 1. The summed E-state index contributed by atoms with van der Waals surface area (Å²) in [6, 6.07) is 5.45. The molecule has 0 bridgehead atoms. The molecule has 1 aromatic carbocycles. The number of hydrogen-bond donors (Lipinski definition) is 1. The molecule has 0 spiro atoms. The lowest BCUT2D eigenvalue weighted by Crippen LogP contribution is -2.05. The summed E-state index contributed by atoms with van der Waals surface area (Å²) in [6.07, 6.45) is 2.90. The van der Waals surface area contributed by atoms with Crippen LogP contribution in [0, 0.1) is 0 Å². The van der Waals surface area contributed by atoms with E-state index < -0.39 is 5.91 Å². The van der Waals surface area contributed by atoms with E-state index in [4.69, 9.17) is 15.2 Å². The van der Waals surface area contributed by atoms with Crippen LogP contribution in [0.2, 0.25) is 0 Å². The van der Waals surface area contributed by atoms with Crippen molar-refractivity contribution in [3.05, 3.63) is 29.8 Å². The summed E-state index contributed by atoms with van der Waals surface area (Å²) in [6.45, 7) is 2.41. The predicted molar refractivity (Wildman–Crippen MR) is 62.4 cm³/mol. The van der Waals surface area contributed by atoms with Crippen molar-refractivity contribution in [3.63, 3.8) is 0 Å². The molecule has 2 N–H and O–H groups in total. The molecule has 4 heteroatoms. The number of carbonyl (C=O) groups excluding carboxylic acids is 1. The highest BCUT2D eigenvalue weighted by Crippen LogP contribution is 2.31. The Labute approximate surface area is 94.7 Å². The van der Waals surface area contributed by atoms with Crippen molar-refractivity contribution < 1.29 is 14.3 Å². The van der Waals surface area contributed by atoms with Crippen molar-refractivity contribution >= 4 is 12.0 Å². The zero-order valence-corrected chi connectivity index (χ0v) is 9.40. The zero-order valence-electron chi connectivity index (χ0n) is 9.40. The van der Waals surface area contributed by atoms with Gasteiger partial charge in [-0.2, -0.15) is 0 Å². The van der Waals surface area contributed by atoms with Gasteiger partial charge in [0.2, 0.25) is 5.91 Å². The zero-order chi connectivity index (χ0) is 12.0. The maximum absolute atomic E-state index is 10.7. The first kappa shape index (κ1) is 12.1. The fraction of sp³-hybridized carbons (Fsp3) is 0.250. The highest BCUT2D eigenvalue weighted by Gasteiger charge is 2.07. The molecule has 0 aliphatic rings. The first-order valence-electron chi connectivity index (χ1n) is 4.96. The molecular formula is C12H15NO3. The smallest absolute Gasteiger partial charge is 0.241 e. The minimum atomic E-state index is -0.495. The van der Waals surface area contributed by atoms with Gasteiger partial charge < -0.3 is 15.2 Å². The van der Waals surface area contributed by atoms with Crippen molar-refractivity contribution in [1.29, 1.82) is 0 Å². The standard InChI is InChI=1S/C12H15NO3/c1-3-16-12-9(7-8-11(13)14)5-4-6-10(12)15-2/h4-8H,3H2,1-2H3,(H2,13,14)/b8-7+. The van der Waals surface area contributed by atoms with Crippen LogP contribution >= 0.6 is 0 Å². The van der Waals surface area contributed by atoms with Gasteiger partial charge in [0.1, 0.15) is 0 Å². The minimum absolute atomic E-state index is 0.495. The van der Waals surface area contributed by atoms with Gasteiger partial charge in [-0.25, -0.2) is 0 Å². The minimum Gasteiger partial charge on any atom is -0.493 e. The van der Waals surface area contributed by atoms with Crippen LogP contribution in [0.25, 0.3) is 6.08 Å². The van der Waals surface area contributed by atoms with Gasteiger partial charge in [-0.1, -0.05) is 12.1 Å². The molecule has 4 nitrogen and oxygen atoms in total. The molecular weight excluding hydrogens is 206 g/mol. The quantitative estimate of drug-likeness (QED) is 0.768. The molecule has 86 valence electrons. The maximum atomic E-state index is 10.7. The fourth-order valence-electron chi connectivity index (χ4n) is 1.30. The van der Waals surface area contributed by atoms with Crippen LogP contribution in [-0.4, -0.2) is 19.6 Å². The summed E-state index contributed by atoms with van der Waals surface area (Å²) in [5, 5.41) is 0.